The van der Waals surface area contributed by atoms with Crippen LogP contribution in [-0.4, -0.2) is 51.5 Å². The average molecular weight is 346 g/mol. The molecule has 1 aromatic heterocycles. The lowest BCUT2D eigenvalue weighted by Crippen LogP contribution is -2.53. The zero-order chi connectivity index (χ0) is 17.1. The van der Waals surface area contributed by atoms with Gasteiger partial charge < -0.3 is 10.0 Å². The van der Waals surface area contributed by atoms with E-state index in [1.165, 1.54) is 17.8 Å². The van der Waals surface area contributed by atoms with Gasteiger partial charge in [0.1, 0.15) is 0 Å². The summed E-state index contributed by atoms with van der Waals surface area (Å²) in [7, 11) is 0. The molecular weight excluding hydrogens is 326 g/mol. The zero-order valence-electron chi connectivity index (χ0n) is 13.5. The first-order valence-corrected chi connectivity index (χ1v) is 8.35. The van der Waals surface area contributed by atoms with Gasteiger partial charge in [0.25, 0.3) is 5.91 Å². The normalized spacial score (nSPS) is 18.6. The highest BCUT2D eigenvalue weighted by atomic mass is 35.5. The van der Waals surface area contributed by atoms with Crippen LogP contribution in [0.15, 0.2) is 42.6 Å². The highest BCUT2D eigenvalue weighted by Crippen LogP contribution is 2.26. The first-order valence-electron chi connectivity index (χ1n) is 7.97. The van der Waals surface area contributed by atoms with E-state index in [1.807, 2.05) is 18.2 Å². The topological polar surface area (TPSA) is 56.7 Å². The summed E-state index contributed by atoms with van der Waals surface area (Å²) < 4.78 is 0. The minimum Gasteiger partial charge on any atom is -0.504 e. The number of amides is 1. The molecule has 1 atom stereocenters. The number of hydrogen-bond acceptors (Lipinski definition) is 4. The molecule has 3 rings (SSSR count). The lowest BCUT2D eigenvalue weighted by molar-refractivity contribution is 0.0487. The molecule has 2 heterocycles. The van der Waals surface area contributed by atoms with Gasteiger partial charge >= 0.3 is 0 Å². The van der Waals surface area contributed by atoms with E-state index in [-0.39, 0.29) is 28.4 Å². The molecule has 6 heteroatoms. The minimum absolute atomic E-state index is 0.0196. The van der Waals surface area contributed by atoms with Crippen molar-refractivity contribution in [2.45, 2.75) is 19.5 Å². The van der Waals surface area contributed by atoms with Crippen molar-refractivity contribution in [3.63, 3.8) is 0 Å². The number of carbonyl (C=O) groups excluding carboxylic acids is 1. The van der Waals surface area contributed by atoms with Gasteiger partial charge in [-0.2, -0.15) is 0 Å². The fraction of sp³-hybridized carbons (Fsp3) is 0.333. The van der Waals surface area contributed by atoms with E-state index in [4.69, 9.17) is 11.6 Å². The Kier molecular flexibility index (Phi) is 5.02. The fourth-order valence-electron chi connectivity index (χ4n) is 2.97. The predicted octanol–water partition coefficient (Wildman–Crippen LogP) is 2.79. The summed E-state index contributed by atoms with van der Waals surface area (Å²) in [4.78, 5) is 20.7. The summed E-state index contributed by atoms with van der Waals surface area (Å²) in [6, 6.07) is 12.0. The van der Waals surface area contributed by atoms with Gasteiger partial charge in [-0.05, 0) is 18.6 Å². The molecule has 2 aromatic rings. The molecule has 1 aromatic carbocycles. The Morgan fingerprint density at radius 3 is 2.75 bits per heavy atom. The van der Waals surface area contributed by atoms with Crippen LogP contribution >= 0.6 is 11.6 Å². The Morgan fingerprint density at radius 1 is 1.29 bits per heavy atom. The van der Waals surface area contributed by atoms with E-state index in [0.29, 0.717) is 13.1 Å². The van der Waals surface area contributed by atoms with Crippen molar-refractivity contribution in [2.75, 3.05) is 19.6 Å². The fourth-order valence-corrected chi connectivity index (χ4v) is 3.12. The van der Waals surface area contributed by atoms with Crippen molar-refractivity contribution < 1.29 is 9.90 Å². The summed E-state index contributed by atoms with van der Waals surface area (Å²) in [6.45, 7) is 4.95. The van der Waals surface area contributed by atoms with E-state index < -0.39 is 0 Å². The second-order valence-electron chi connectivity index (χ2n) is 6.05. The number of rotatable bonds is 3. The third-order valence-electron chi connectivity index (χ3n) is 4.36. The number of aromatic nitrogens is 1. The second kappa shape index (κ2) is 7.20. The number of benzene rings is 1. The second-order valence-corrected chi connectivity index (χ2v) is 6.45. The molecule has 5 nitrogen and oxygen atoms in total. The smallest absolute Gasteiger partial charge is 0.276 e. The molecular formula is C18H20ClN3O2. The number of carbonyl (C=O) groups is 1. The van der Waals surface area contributed by atoms with Gasteiger partial charge in [0.15, 0.2) is 11.4 Å². The van der Waals surface area contributed by atoms with Crippen LogP contribution in [0.3, 0.4) is 0 Å². The van der Waals surface area contributed by atoms with E-state index >= 15 is 0 Å². The van der Waals surface area contributed by atoms with Crippen molar-refractivity contribution in [1.82, 2.24) is 14.8 Å². The molecule has 1 aliphatic heterocycles. The van der Waals surface area contributed by atoms with Crippen molar-refractivity contribution in [1.29, 1.82) is 0 Å². The van der Waals surface area contributed by atoms with Crippen LogP contribution in [-0.2, 0) is 6.54 Å². The van der Waals surface area contributed by atoms with Crippen molar-refractivity contribution in [3.8, 4) is 5.75 Å². The predicted molar refractivity (Wildman–Crippen MR) is 93.1 cm³/mol. The summed E-state index contributed by atoms with van der Waals surface area (Å²) in [5.74, 6) is -0.523. The molecule has 0 spiro atoms. The van der Waals surface area contributed by atoms with Gasteiger partial charge in [-0.1, -0.05) is 41.9 Å². The third-order valence-corrected chi connectivity index (χ3v) is 4.66. The molecule has 1 N–H and O–H groups in total. The Labute approximate surface area is 146 Å². The van der Waals surface area contributed by atoms with Crippen molar-refractivity contribution >= 4 is 17.5 Å². The molecule has 0 radical (unpaired) electrons. The van der Waals surface area contributed by atoms with Crippen LogP contribution in [0.1, 0.15) is 23.0 Å². The molecule has 1 saturated heterocycles. The van der Waals surface area contributed by atoms with Crippen LogP contribution in [0.2, 0.25) is 5.02 Å². The summed E-state index contributed by atoms with van der Waals surface area (Å²) in [6.07, 6.45) is 1.43. The largest absolute Gasteiger partial charge is 0.504 e. The molecule has 1 unspecified atom stereocenters. The van der Waals surface area contributed by atoms with E-state index in [0.717, 1.165) is 13.1 Å². The van der Waals surface area contributed by atoms with Gasteiger partial charge in [0.05, 0.1) is 5.02 Å². The molecule has 24 heavy (non-hydrogen) atoms. The van der Waals surface area contributed by atoms with Gasteiger partial charge in [-0.15, -0.1) is 0 Å². The quantitative estimate of drug-likeness (QED) is 0.929. The molecule has 1 amide bonds. The summed E-state index contributed by atoms with van der Waals surface area (Å²) >= 11 is 5.87. The molecule has 1 aliphatic rings. The maximum Gasteiger partial charge on any atom is 0.276 e. The van der Waals surface area contributed by atoms with E-state index in [9.17, 15) is 9.90 Å². The standard InChI is InChI=1S/C18H20ClN3O2/c1-13-11-22(18(24)16-17(23)15(19)7-8-20-16)10-9-21(13)12-14-5-3-2-4-6-14/h2-8,13,23H,9-12H2,1H3. The first-order chi connectivity index (χ1) is 11.6. The van der Waals surface area contributed by atoms with Crippen LogP contribution in [0.5, 0.6) is 5.75 Å². The minimum atomic E-state index is -0.277. The molecule has 0 bridgehead atoms. The van der Waals surface area contributed by atoms with Gasteiger partial charge in [-0.25, -0.2) is 4.98 Å². The van der Waals surface area contributed by atoms with Crippen molar-refractivity contribution in [2.24, 2.45) is 0 Å². The summed E-state index contributed by atoms with van der Waals surface area (Å²) in [5, 5.41) is 10.1. The van der Waals surface area contributed by atoms with Gasteiger partial charge in [0.2, 0.25) is 0 Å². The Bertz CT molecular complexity index is 723. The van der Waals surface area contributed by atoms with E-state index in [1.54, 1.807) is 4.90 Å². The summed E-state index contributed by atoms with van der Waals surface area (Å²) in [5.41, 5.74) is 1.28. The number of nitrogens with zero attached hydrogens (tertiary/aromatic N) is 3. The monoisotopic (exact) mass is 345 g/mol. The maximum absolute atomic E-state index is 12.6. The van der Waals surface area contributed by atoms with Crippen LogP contribution in [0.4, 0.5) is 0 Å². The Hall–Kier alpha value is -2.11. The molecule has 0 saturated carbocycles. The SMILES string of the molecule is CC1CN(C(=O)c2nccc(Cl)c2O)CCN1Cc1ccccc1. The number of aromatic hydroxyl groups is 1. The van der Waals surface area contributed by atoms with Gasteiger partial charge in [0, 0.05) is 38.4 Å². The van der Waals surface area contributed by atoms with Crippen LogP contribution < -0.4 is 0 Å². The van der Waals surface area contributed by atoms with Crippen LogP contribution in [0.25, 0.3) is 0 Å². The lowest BCUT2D eigenvalue weighted by atomic mass is 10.1. The number of piperazine rings is 1. The van der Waals surface area contributed by atoms with Crippen molar-refractivity contribution in [3.05, 3.63) is 58.9 Å². The highest BCUT2D eigenvalue weighted by molar-refractivity contribution is 6.32. The number of halogens is 1. The zero-order valence-corrected chi connectivity index (χ0v) is 14.3. The Morgan fingerprint density at radius 2 is 2.04 bits per heavy atom. The number of pyridine rings is 1. The third kappa shape index (κ3) is 3.52. The van der Waals surface area contributed by atoms with Crippen LogP contribution in [0, 0.1) is 0 Å². The molecule has 1 fully saturated rings. The number of hydrogen-bond donors (Lipinski definition) is 1. The first kappa shape index (κ1) is 16.7. The maximum atomic E-state index is 12.6. The molecule has 0 aliphatic carbocycles. The average Bonchev–Trinajstić information content (AvgIpc) is 2.59. The highest BCUT2D eigenvalue weighted by Gasteiger charge is 2.29. The van der Waals surface area contributed by atoms with E-state index in [2.05, 4.69) is 28.9 Å². The van der Waals surface area contributed by atoms with Gasteiger partial charge in [-0.3, -0.25) is 9.69 Å². The molecule has 126 valence electrons. The Balaban J connectivity index is 1.67. The lowest BCUT2D eigenvalue weighted by Gasteiger charge is -2.39.